The molecular formula is C8H15NO3. The predicted molar refractivity (Wildman–Crippen MR) is 46.0 cm³/mol. The predicted octanol–water partition coefficient (Wildman–Crippen LogP) is 0.935. The molecule has 0 spiro atoms. The summed E-state index contributed by atoms with van der Waals surface area (Å²) >= 11 is 0. The number of carbonyl (C=O) groups is 1. The van der Waals surface area contributed by atoms with Crippen molar-refractivity contribution in [2.75, 3.05) is 26.9 Å². The van der Waals surface area contributed by atoms with Gasteiger partial charge in [-0.15, -0.1) is 0 Å². The second-order valence-electron chi connectivity index (χ2n) is 2.44. The lowest BCUT2D eigenvalue weighted by atomic mass is 10.4. The van der Waals surface area contributed by atoms with Gasteiger partial charge >= 0.3 is 6.09 Å². The van der Waals surface area contributed by atoms with E-state index in [2.05, 4.69) is 11.9 Å². The summed E-state index contributed by atoms with van der Waals surface area (Å²) in [5.41, 5.74) is 0.888. The second kappa shape index (κ2) is 6.67. The highest BCUT2D eigenvalue weighted by molar-refractivity contribution is 5.67. The maximum Gasteiger partial charge on any atom is 0.407 e. The van der Waals surface area contributed by atoms with Crippen LogP contribution in [0, 0.1) is 0 Å². The third-order valence-corrected chi connectivity index (χ3v) is 1.06. The highest BCUT2D eigenvalue weighted by Gasteiger charge is 1.98. The maximum atomic E-state index is 10.8. The van der Waals surface area contributed by atoms with E-state index < -0.39 is 6.09 Å². The van der Waals surface area contributed by atoms with Crippen molar-refractivity contribution in [1.29, 1.82) is 0 Å². The summed E-state index contributed by atoms with van der Waals surface area (Å²) in [5, 5.41) is 2.52. The summed E-state index contributed by atoms with van der Waals surface area (Å²) < 4.78 is 9.41. The van der Waals surface area contributed by atoms with Crippen LogP contribution < -0.4 is 5.32 Å². The average molecular weight is 173 g/mol. The number of alkyl carbamates (subject to hydrolysis) is 1. The van der Waals surface area contributed by atoms with Gasteiger partial charge in [0.1, 0.15) is 6.61 Å². The summed E-state index contributed by atoms with van der Waals surface area (Å²) in [5.74, 6) is 0. The van der Waals surface area contributed by atoms with Crippen LogP contribution in [0.15, 0.2) is 12.2 Å². The fourth-order valence-electron chi connectivity index (χ4n) is 0.492. The largest absolute Gasteiger partial charge is 0.447 e. The highest BCUT2D eigenvalue weighted by atomic mass is 16.6. The van der Waals surface area contributed by atoms with Crippen LogP contribution in [0.5, 0.6) is 0 Å². The van der Waals surface area contributed by atoms with E-state index in [1.54, 1.807) is 7.11 Å². The minimum absolute atomic E-state index is 0.276. The van der Waals surface area contributed by atoms with Crippen molar-refractivity contribution < 1.29 is 14.3 Å². The van der Waals surface area contributed by atoms with Crippen LogP contribution in [0.4, 0.5) is 4.79 Å². The normalized spacial score (nSPS) is 9.17. The van der Waals surface area contributed by atoms with Crippen LogP contribution in [0.3, 0.4) is 0 Å². The van der Waals surface area contributed by atoms with Crippen LogP contribution in [-0.4, -0.2) is 33.0 Å². The van der Waals surface area contributed by atoms with Crippen molar-refractivity contribution in [2.45, 2.75) is 6.92 Å². The van der Waals surface area contributed by atoms with Crippen molar-refractivity contribution >= 4 is 6.09 Å². The van der Waals surface area contributed by atoms with Gasteiger partial charge in [-0.3, -0.25) is 0 Å². The smallest absolute Gasteiger partial charge is 0.407 e. The minimum Gasteiger partial charge on any atom is -0.447 e. The molecule has 12 heavy (non-hydrogen) atoms. The summed E-state index contributed by atoms with van der Waals surface area (Å²) in [6.07, 6.45) is -0.435. The van der Waals surface area contributed by atoms with E-state index in [9.17, 15) is 4.79 Å². The number of hydrogen-bond acceptors (Lipinski definition) is 3. The molecule has 0 radical (unpaired) electrons. The van der Waals surface area contributed by atoms with Gasteiger partial charge in [0.05, 0.1) is 6.61 Å². The van der Waals surface area contributed by atoms with Gasteiger partial charge in [0.15, 0.2) is 0 Å². The average Bonchev–Trinajstić information content (AvgIpc) is 2.01. The van der Waals surface area contributed by atoms with Gasteiger partial charge in [0, 0.05) is 13.7 Å². The van der Waals surface area contributed by atoms with E-state index in [0.717, 1.165) is 5.57 Å². The third kappa shape index (κ3) is 7.08. The fraction of sp³-hybridized carbons (Fsp3) is 0.625. The number of rotatable bonds is 5. The lowest BCUT2D eigenvalue weighted by Gasteiger charge is -2.05. The maximum absolute atomic E-state index is 10.8. The molecule has 0 heterocycles. The minimum atomic E-state index is -0.435. The molecule has 1 N–H and O–H groups in total. The zero-order chi connectivity index (χ0) is 9.40. The highest BCUT2D eigenvalue weighted by Crippen LogP contribution is 1.83. The Morgan fingerprint density at radius 2 is 2.17 bits per heavy atom. The summed E-state index contributed by atoms with van der Waals surface area (Å²) in [6, 6.07) is 0. The Hall–Kier alpha value is -1.03. The van der Waals surface area contributed by atoms with Crippen molar-refractivity contribution in [3.05, 3.63) is 12.2 Å². The van der Waals surface area contributed by atoms with E-state index in [4.69, 9.17) is 9.47 Å². The summed E-state index contributed by atoms with van der Waals surface area (Å²) in [7, 11) is 1.55. The van der Waals surface area contributed by atoms with Crippen molar-refractivity contribution in [3.63, 3.8) is 0 Å². The first kappa shape index (κ1) is 11.0. The van der Waals surface area contributed by atoms with Crippen molar-refractivity contribution in [1.82, 2.24) is 5.32 Å². The van der Waals surface area contributed by atoms with Gasteiger partial charge in [-0.2, -0.15) is 0 Å². The topological polar surface area (TPSA) is 47.6 Å². The number of hydrogen-bond donors (Lipinski definition) is 1. The fourth-order valence-corrected chi connectivity index (χ4v) is 0.492. The van der Waals surface area contributed by atoms with Crippen LogP contribution in [0.2, 0.25) is 0 Å². The molecule has 0 rings (SSSR count). The third-order valence-electron chi connectivity index (χ3n) is 1.06. The van der Waals surface area contributed by atoms with Crippen LogP contribution in [0.1, 0.15) is 6.92 Å². The first-order chi connectivity index (χ1) is 5.66. The Morgan fingerprint density at radius 3 is 2.67 bits per heavy atom. The first-order valence-electron chi connectivity index (χ1n) is 3.70. The van der Waals surface area contributed by atoms with E-state index in [1.807, 2.05) is 6.92 Å². The molecule has 0 unspecified atom stereocenters. The number of ether oxygens (including phenoxy) is 2. The lowest BCUT2D eigenvalue weighted by molar-refractivity contribution is 0.0991. The Labute approximate surface area is 72.5 Å². The van der Waals surface area contributed by atoms with Gasteiger partial charge in [-0.1, -0.05) is 12.2 Å². The van der Waals surface area contributed by atoms with Gasteiger partial charge in [0.2, 0.25) is 0 Å². The number of amides is 1. The molecule has 0 fully saturated rings. The molecule has 1 amide bonds. The van der Waals surface area contributed by atoms with Gasteiger partial charge in [-0.25, -0.2) is 4.79 Å². The Kier molecular flexibility index (Phi) is 6.09. The molecule has 4 nitrogen and oxygen atoms in total. The molecular weight excluding hydrogens is 158 g/mol. The molecule has 0 aromatic heterocycles. The summed E-state index contributed by atoms with van der Waals surface area (Å²) in [4.78, 5) is 10.8. The monoisotopic (exact) mass is 173 g/mol. The molecule has 0 saturated heterocycles. The molecule has 4 heteroatoms. The van der Waals surface area contributed by atoms with Crippen LogP contribution in [-0.2, 0) is 9.47 Å². The molecule has 0 atom stereocenters. The lowest BCUT2D eigenvalue weighted by Crippen LogP contribution is -2.26. The second-order valence-corrected chi connectivity index (χ2v) is 2.44. The van der Waals surface area contributed by atoms with Gasteiger partial charge in [-0.05, 0) is 6.92 Å². The number of methoxy groups -OCH3 is 1. The van der Waals surface area contributed by atoms with Crippen molar-refractivity contribution in [3.8, 4) is 0 Å². The molecule has 0 aromatic carbocycles. The molecule has 0 bridgehead atoms. The quantitative estimate of drug-likeness (QED) is 0.497. The molecule has 0 aliphatic rings. The van der Waals surface area contributed by atoms with Crippen molar-refractivity contribution in [2.24, 2.45) is 0 Å². The number of carbonyl (C=O) groups excluding carboxylic acids is 1. The van der Waals surface area contributed by atoms with Gasteiger partial charge < -0.3 is 14.8 Å². The first-order valence-corrected chi connectivity index (χ1v) is 3.70. The van der Waals surface area contributed by atoms with E-state index >= 15 is 0 Å². The Morgan fingerprint density at radius 1 is 1.50 bits per heavy atom. The van der Waals surface area contributed by atoms with E-state index in [-0.39, 0.29) is 6.61 Å². The molecule has 0 aliphatic heterocycles. The SMILES string of the molecule is C=C(C)CNC(=O)OCCOC. The molecule has 70 valence electrons. The zero-order valence-electron chi connectivity index (χ0n) is 7.55. The molecule has 0 saturated carbocycles. The van der Waals surface area contributed by atoms with E-state index in [1.165, 1.54) is 0 Å². The number of nitrogens with one attached hydrogen (secondary N) is 1. The standard InChI is InChI=1S/C8H15NO3/c1-7(2)6-9-8(10)12-5-4-11-3/h1,4-6H2,2-3H3,(H,9,10). The Balaban J connectivity index is 3.28. The Bertz CT molecular complexity index is 156. The van der Waals surface area contributed by atoms with Gasteiger partial charge in [0.25, 0.3) is 0 Å². The van der Waals surface area contributed by atoms with Crippen LogP contribution >= 0.6 is 0 Å². The summed E-state index contributed by atoms with van der Waals surface area (Å²) in [6.45, 7) is 6.60. The molecule has 0 aromatic rings. The zero-order valence-corrected chi connectivity index (χ0v) is 7.55. The van der Waals surface area contributed by atoms with E-state index in [0.29, 0.717) is 13.2 Å². The molecule has 0 aliphatic carbocycles. The van der Waals surface area contributed by atoms with Crippen LogP contribution in [0.25, 0.3) is 0 Å².